The van der Waals surface area contributed by atoms with Gasteiger partial charge in [-0.25, -0.2) is 0 Å². The van der Waals surface area contributed by atoms with Crippen LogP contribution in [0.1, 0.15) is 20.3 Å². The summed E-state index contributed by atoms with van der Waals surface area (Å²) < 4.78 is 9.43. The predicted octanol–water partition coefficient (Wildman–Crippen LogP) is -0.619. The van der Waals surface area contributed by atoms with E-state index < -0.39 is 18.4 Å². The van der Waals surface area contributed by atoms with E-state index in [9.17, 15) is 4.79 Å². The van der Waals surface area contributed by atoms with E-state index in [1.54, 1.807) is 0 Å². The fourth-order valence-corrected chi connectivity index (χ4v) is 1.36. The monoisotopic (exact) mass is 233 g/mol. The number of hydrogen-bond acceptors (Lipinski definition) is 6. The van der Waals surface area contributed by atoms with Gasteiger partial charge in [0.15, 0.2) is 6.35 Å². The van der Waals surface area contributed by atoms with Crippen molar-refractivity contribution in [1.29, 1.82) is 0 Å². The van der Waals surface area contributed by atoms with Crippen molar-refractivity contribution in [3.05, 3.63) is 0 Å². The molecule has 0 amide bonds. The molecule has 0 aliphatic carbocycles. The molecule has 0 fully saturated rings. The number of nitrogens with one attached hydrogen (secondary N) is 1. The summed E-state index contributed by atoms with van der Waals surface area (Å²) in [5.74, 6) is -0.399. The van der Waals surface area contributed by atoms with Crippen molar-refractivity contribution in [2.45, 2.75) is 32.7 Å². The molecule has 0 spiro atoms. The number of carbonyl (C=O) groups excluding carboxylic acids is 1. The minimum absolute atomic E-state index is 0.163. The molecular formula is C10H23N3O3. The largest absolute Gasteiger partial charge is 0.468 e. The fraction of sp³-hybridized carbons (Fsp3) is 0.900. The first kappa shape index (κ1) is 15.3. The van der Waals surface area contributed by atoms with E-state index in [2.05, 4.69) is 10.1 Å². The van der Waals surface area contributed by atoms with E-state index in [-0.39, 0.29) is 5.41 Å². The Hall–Kier alpha value is -0.690. The molecule has 5 N–H and O–H groups in total. The molecule has 96 valence electrons. The number of esters is 1. The van der Waals surface area contributed by atoms with Gasteiger partial charge in [0.2, 0.25) is 0 Å². The van der Waals surface area contributed by atoms with Crippen LogP contribution in [0.2, 0.25) is 0 Å². The molecule has 0 aliphatic rings. The van der Waals surface area contributed by atoms with Crippen LogP contribution in [-0.4, -0.2) is 39.1 Å². The van der Waals surface area contributed by atoms with E-state index in [0.29, 0.717) is 13.0 Å². The maximum Gasteiger partial charge on any atom is 0.322 e. The van der Waals surface area contributed by atoms with Gasteiger partial charge in [0.1, 0.15) is 6.04 Å². The Bertz CT molecular complexity index is 221. The highest BCUT2D eigenvalue weighted by Crippen LogP contribution is 2.21. The Morgan fingerprint density at radius 2 is 1.94 bits per heavy atom. The minimum Gasteiger partial charge on any atom is -0.468 e. The highest BCUT2D eigenvalue weighted by molar-refractivity contribution is 5.75. The molecule has 0 saturated heterocycles. The molecule has 0 bridgehead atoms. The number of methoxy groups -OCH3 is 2. The molecule has 6 nitrogen and oxygen atoms in total. The minimum atomic E-state index is -0.611. The molecule has 0 aromatic heterocycles. The molecule has 2 atom stereocenters. The third kappa shape index (κ3) is 6.02. The van der Waals surface area contributed by atoms with Crippen molar-refractivity contribution in [2.75, 3.05) is 20.8 Å². The smallest absolute Gasteiger partial charge is 0.322 e. The average molecular weight is 233 g/mol. The highest BCUT2D eigenvalue weighted by atomic mass is 16.5. The molecule has 1 unspecified atom stereocenters. The van der Waals surface area contributed by atoms with Crippen molar-refractivity contribution < 1.29 is 14.3 Å². The van der Waals surface area contributed by atoms with E-state index in [4.69, 9.17) is 16.2 Å². The Balaban J connectivity index is 4.08. The zero-order valence-electron chi connectivity index (χ0n) is 10.4. The third-order valence-corrected chi connectivity index (χ3v) is 2.31. The lowest BCUT2D eigenvalue weighted by molar-refractivity contribution is -0.142. The van der Waals surface area contributed by atoms with E-state index in [0.717, 1.165) is 0 Å². The average Bonchev–Trinajstić information content (AvgIpc) is 2.24. The molecule has 0 rings (SSSR count). The number of rotatable bonds is 7. The van der Waals surface area contributed by atoms with E-state index >= 15 is 0 Å². The highest BCUT2D eigenvalue weighted by Gasteiger charge is 2.26. The number of carbonyl (C=O) groups is 1. The first-order chi connectivity index (χ1) is 7.32. The Morgan fingerprint density at radius 1 is 1.38 bits per heavy atom. The number of hydrogen-bond donors (Lipinski definition) is 3. The van der Waals surface area contributed by atoms with Gasteiger partial charge in [-0.1, -0.05) is 13.8 Å². The van der Waals surface area contributed by atoms with Crippen molar-refractivity contribution in [3.63, 3.8) is 0 Å². The normalized spacial score (nSPS) is 15.6. The van der Waals surface area contributed by atoms with Gasteiger partial charge in [0.25, 0.3) is 0 Å². The van der Waals surface area contributed by atoms with Crippen LogP contribution in [0, 0.1) is 5.41 Å². The summed E-state index contributed by atoms with van der Waals surface area (Å²) in [7, 11) is 2.85. The number of ether oxygens (including phenoxy) is 2. The summed E-state index contributed by atoms with van der Waals surface area (Å²) in [5, 5.41) is 2.98. The van der Waals surface area contributed by atoms with Gasteiger partial charge in [-0.05, 0) is 11.8 Å². The standard InChI is InChI=1S/C10H23N3O3/c1-10(2,6-13-9(12)16-4)5-7(11)8(14)15-3/h7,9,13H,5-6,11-12H2,1-4H3/t7-,9?/m0/s1. The summed E-state index contributed by atoms with van der Waals surface area (Å²) in [6.45, 7) is 4.59. The molecule has 0 radical (unpaired) electrons. The first-order valence-electron chi connectivity index (χ1n) is 5.17. The van der Waals surface area contributed by atoms with Gasteiger partial charge < -0.3 is 15.2 Å². The molecule has 0 aromatic rings. The molecule has 0 aliphatic heterocycles. The van der Waals surface area contributed by atoms with Gasteiger partial charge in [-0.2, -0.15) is 0 Å². The lowest BCUT2D eigenvalue weighted by Crippen LogP contribution is -2.46. The molecular weight excluding hydrogens is 210 g/mol. The van der Waals surface area contributed by atoms with E-state index in [1.807, 2.05) is 13.8 Å². The van der Waals surface area contributed by atoms with Crippen molar-refractivity contribution in [1.82, 2.24) is 5.32 Å². The SMILES string of the molecule is COC(=O)[C@@H](N)CC(C)(C)CNC(N)OC. The third-order valence-electron chi connectivity index (χ3n) is 2.31. The second-order valence-corrected chi connectivity index (χ2v) is 4.54. The fourth-order valence-electron chi connectivity index (χ4n) is 1.36. The van der Waals surface area contributed by atoms with Crippen LogP contribution in [0.5, 0.6) is 0 Å². The second-order valence-electron chi connectivity index (χ2n) is 4.54. The van der Waals surface area contributed by atoms with Gasteiger partial charge in [0.05, 0.1) is 7.11 Å². The summed E-state index contributed by atoms with van der Waals surface area (Å²) in [5.41, 5.74) is 11.1. The maximum absolute atomic E-state index is 11.2. The lowest BCUT2D eigenvalue weighted by atomic mass is 9.86. The summed E-state index contributed by atoms with van der Waals surface area (Å²) in [6.07, 6.45) is 0.0111. The Labute approximate surface area is 96.6 Å². The van der Waals surface area contributed by atoms with Crippen LogP contribution in [0.3, 0.4) is 0 Å². The van der Waals surface area contributed by atoms with Crippen LogP contribution < -0.4 is 16.8 Å². The summed E-state index contributed by atoms with van der Waals surface area (Å²) in [4.78, 5) is 11.2. The first-order valence-corrected chi connectivity index (χ1v) is 5.17. The Morgan fingerprint density at radius 3 is 2.38 bits per heavy atom. The zero-order valence-corrected chi connectivity index (χ0v) is 10.4. The van der Waals surface area contributed by atoms with Gasteiger partial charge >= 0.3 is 5.97 Å². The summed E-state index contributed by atoms with van der Waals surface area (Å²) >= 11 is 0. The Kier molecular flexibility index (Phi) is 6.51. The van der Waals surface area contributed by atoms with Crippen LogP contribution >= 0.6 is 0 Å². The molecule has 0 aromatic carbocycles. The number of nitrogens with two attached hydrogens (primary N) is 2. The van der Waals surface area contributed by atoms with Gasteiger partial charge in [-0.3, -0.25) is 15.8 Å². The zero-order chi connectivity index (χ0) is 12.8. The van der Waals surface area contributed by atoms with Gasteiger partial charge in [0, 0.05) is 13.7 Å². The van der Waals surface area contributed by atoms with Crippen LogP contribution in [0.25, 0.3) is 0 Å². The maximum atomic E-state index is 11.2. The van der Waals surface area contributed by atoms with Gasteiger partial charge in [-0.15, -0.1) is 0 Å². The lowest BCUT2D eigenvalue weighted by Gasteiger charge is -2.28. The predicted molar refractivity (Wildman–Crippen MR) is 61.4 cm³/mol. The van der Waals surface area contributed by atoms with E-state index in [1.165, 1.54) is 14.2 Å². The molecule has 0 heterocycles. The quantitative estimate of drug-likeness (QED) is 0.400. The molecule has 16 heavy (non-hydrogen) atoms. The van der Waals surface area contributed by atoms with Crippen molar-refractivity contribution in [3.8, 4) is 0 Å². The summed E-state index contributed by atoms with van der Waals surface area (Å²) in [6, 6.07) is -0.611. The second kappa shape index (κ2) is 6.80. The topological polar surface area (TPSA) is 99.6 Å². The molecule has 6 heteroatoms. The van der Waals surface area contributed by atoms with Crippen LogP contribution in [0.4, 0.5) is 0 Å². The van der Waals surface area contributed by atoms with Crippen LogP contribution in [0.15, 0.2) is 0 Å². The van der Waals surface area contributed by atoms with Crippen molar-refractivity contribution in [2.24, 2.45) is 16.9 Å². The van der Waals surface area contributed by atoms with Crippen LogP contribution in [-0.2, 0) is 14.3 Å². The molecule has 0 saturated carbocycles. The van der Waals surface area contributed by atoms with Crippen molar-refractivity contribution >= 4 is 5.97 Å².